The third kappa shape index (κ3) is 3.88. The van der Waals surface area contributed by atoms with Gasteiger partial charge in [0, 0.05) is 7.11 Å². The maximum atomic E-state index is 5.00. The van der Waals surface area contributed by atoms with Crippen molar-refractivity contribution in [3.05, 3.63) is 12.2 Å². The summed E-state index contributed by atoms with van der Waals surface area (Å²) in [5, 5.41) is 0. The first-order valence-corrected chi connectivity index (χ1v) is 2.95. The Morgan fingerprint density at radius 1 is 1.62 bits per heavy atom. The highest BCUT2D eigenvalue weighted by molar-refractivity contribution is 4.78. The molecule has 1 nitrogen and oxygen atoms in total. The molecule has 0 aliphatic heterocycles. The molecule has 0 spiro atoms. The van der Waals surface area contributed by atoms with Crippen LogP contribution in [0.1, 0.15) is 20.3 Å². The molecule has 0 saturated carbocycles. The third-order valence-electron chi connectivity index (χ3n) is 1.11. The Morgan fingerprint density at radius 3 is 2.62 bits per heavy atom. The average Bonchev–Trinajstić information content (AvgIpc) is 1.83. The van der Waals surface area contributed by atoms with Gasteiger partial charge in [-0.1, -0.05) is 12.2 Å². The first-order chi connectivity index (χ1) is 3.81. The Balaban J connectivity index is 3.10. The summed E-state index contributed by atoms with van der Waals surface area (Å²) in [7, 11) is 1.73. The predicted molar refractivity (Wildman–Crippen MR) is 35.9 cm³/mol. The summed E-state index contributed by atoms with van der Waals surface area (Å²) in [5.41, 5.74) is 0. The van der Waals surface area contributed by atoms with Gasteiger partial charge in [0.1, 0.15) is 0 Å². The number of methoxy groups -OCH3 is 1. The molecule has 0 N–H and O–H groups in total. The van der Waals surface area contributed by atoms with E-state index in [-0.39, 0.29) is 0 Å². The summed E-state index contributed by atoms with van der Waals surface area (Å²) < 4.78 is 5.00. The van der Waals surface area contributed by atoms with Crippen molar-refractivity contribution < 1.29 is 4.74 Å². The average molecular weight is 114 g/mol. The molecular formula is C7H14O. The maximum absolute atomic E-state index is 5.00. The molecule has 1 atom stereocenters. The monoisotopic (exact) mass is 114 g/mol. The molecule has 0 aromatic carbocycles. The summed E-state index contributed by atoms with van der Waals surface area (Å²) in [5.74, 6) is 0. The molecule has 0 aliphatic rings. The van der Waals surface area contributed by atoms with Crippen LogP contribution in [0.3, 0.4) is 0 Å². The third-order valence-corrected chi connectivity index (χ3v) is 1.11. The fourth-order valence-electron chi connectivity index (χ4n) is 0.424. The highest BCUT2D eigenvalue weighted by Crippen LogP contribution is 1.94. The second kappa shape index (κ2) is 4.85. The van der Waals surface area contributed by atoms with Gasteiger partial charge in [-0.05, 0) is 20.3 Å². The summed E-state index contributed by atoms with van der Waals surface area (Å²) in [6.07, 6.45) is 5.53. The normalized spacial score (nSPS) is 14.9. The quantitative estimate of drug-likeness (QED) is 0.510. The lowest BCUT2D eigenvalue weighted by Gasteiger charge is -2.03. The van der Waals surface area contributed by atoms with Gasteiger partial charge in [0.2, 0.25) is 0 Å². The Hall–Kier alpha value is -0.300. The van der Waals surface area contributed by atoms with Gasteiger partial charge < -0.3 is 4.74 Å². The highest BCUT2D eigenvalue weighted by atomic mass is 16.5. The number of rotatable bonds is 3. The Kier molecular flexibility index (Phi) is 4.67. The van der Waals surface area contributed by atoms with Crippen molar-refractivity contribution in [2.45, 2.75) is 26.4 Å². The number of hydrogen-bond acceptors (Lipinski definition) is 1. The van der Waals surface area contributed by atoms with E-state index >= 15 is 0 Å². The minimum absolute atomic E-state index is 0.367. The molecule has 0 aromatic rings. The predicted octanol–water partition coefficient (Wildman–Crippen LogP) is 1.99. The van der Waals surface area contributed by atoms with E-state index in [1.807, 2.05) is 13.0 Å². The van der Waals surface area contributed by atoms with Gasteiger partial charge in [-0.3, -0.25) is 0 Å². The Labute approximate surface area is 51.4 Å². The molecule has 0 saturated heterocycles. The fourth-order valence-corrected chi connectivity index (χ4v) is 0.424. The van der Waals surface area contributed by atoms with Gasteiger partial charge in [-0.15, -0.1) is 0 Å². The molecule has 8 heavy (non-hydrogen) atoms. The van der Waals surface area contributed by atoms with Crippen LogP contribution in [0.25, 0.3) is 0 Å². The number of allylic oxidation sites excluding steroid dienone is 1. The van der Waals surface area contributed by atoms with E-state index in [9.17, 15) is 0 Å². The van der Waals surface area contributed by atoms with Crippen LogP contribution < -0.4 is 0 Å². The molecule has 1 heteroatoms. The molecule has 1 unspecified atom stereocenters. The first kappa shape index (κ1) is 7.70. The van der Waals surface area contributed by atoms with E-state index in [2.05, 4.69) is 13.0 Å². The van der Waals surface area contributed by atoms with Crippen LogP contribution >= 0.6 is 0 Å². The lowest BCUT2D eigenvalue weighted by Crippen LogP contribution is -2.01. The highest BCUT2D eigenvalue weighted by Gasteiger charge is 1.91. The standard InChI is InChI=1S/C7H14O/c1-4-5-6-7(2)8-3/h4-5,7H,6H2,1-3H3/b5-4-. The van der Waals surface area contributed by atoms with Crippen LogP contribution in [0.4, 0.5) is 0 Å². The molecule has 0 heterocycles. The lowest BCUT2D eigenvalue weighted by atomic mass is 10.3. The largest absolute Gasteiger partial charge is 0.381 e. The molecule has 0 radical (unpaired) electrons. The number of ether oxygens (including phenoxy) is 1. The van der Waals surface area contributed by atoms with E-state index in [0.717, 1.165) is 6.42 Å². The number of hydrogen-bond donors (Lipinski definition) is 0. The van der Waals surface area contributed by atoms with Crippen molar-refractivity contribution in [2.24, 2.45) is 0 Å². The zero-order valence-corrected chi connectivity index (χ0v) is 5.85. The summed E-state index contributed by atoms with van der Waals surface area (Å²) in [6.45, 7) is 4.07. The summed E-state index contributed by atoms with van der Waals surface area (Å²) in [6, 6.07) is 0. The van der Waals surface area contributed by atoms with Gasteiger partial charge in [-0.2, -0.15) is 0 Å². The van der Waals surface area contributed by atoms with Crippen molar-refractivity contribution in [3.63, 3.8) is 0 Å². The Bertz CT molecular complexity index is 66.8. The molecule has 48 valence electrons. The van der Waals surface area contributed by atoms with Crippen molar-refractivity contribution in [1.29, 1.82) is 0 Å². The first-order valence-electron chi connectivity index (χ1n) is 2.95. The van der Waals surface area contributed by atoms with Gasteiger partial charge in [0.25, 0.3) is 0 Å². The van der Waals surface area contributed by atoms with Crippen LogP contribution in [0, 0.1) is 0 Å². The van der Waals surface area contributed by atoms with Crippen LogP contribution in [0.2, 0.25) is 0 Å². The van der Waals surface area contributed by atoms with E-state index in [1.54, 1.807) is 7.11 Å². The Morgan fingerprint density at radius 2 is 2.25 bits per heavy atom. The van der Waals surface area contributed by atoms with Crippen LogP contribution in [0.5, 0.6) is 0 Å². The minimum atomic E-state index is 0.367. The minimum Gasteiger partial charge on any atom is -0.381 e. The lowest BCUT2D eigenvalue weighted by molar-refractivity contribution is 0.121. The second-order valence-electron chi connectivity index (χ2n) is 1.85. The maximum Gasteiger partial charge on any atom is 0.0577 e. The van der Waals surface area contributed by atoms with E-state index in [4.69, 9.17) is 4.74 Å². The van der Waals surface area contributed by atoms with E-state index in [1.165, 1.54) is 0 Å². The molecule has 0 amide bonds. The van der Waals surface area contributed by atoms with Crippen molar-refractivity contribution in [1.82, 2.24) is 0 Å². The SMILES string of the molecule is C/C=C\CC(C)OC. The van der Waals surface area contributed by atoms with E-state index < -0.39 is 0 Å². The molecule has 0 aromatic heterocycles. The molecule has 0 fully saturated rings. The second-order valence-corrected chi connectivity index (χ2v) is 1.85. The van der Waals surface area contributed by atoms with Crippen LogP contribution in [-0.4, -0.2) is 13.2 Å². The molecule has 0 aliphatic carbocycles. The molecular weight excluding hydrogens is 100 g/mol. The zero-order chi connectivity index (χ0) is 6.41. The molecule has 0 bridgehead atoms. The van der Waals surface area contributed by atoms with Crippen LogP contribution in [0.15, 0.2) is 12.2 Å². The van der Waals surface area contributed by atoms with Crippen molar-refractivity contribution >= 4 is 0 Å². The van der Waals surface area contributed by atoms with Crippen molar-refractivity contribution in [3.8, 4) is 0 Å². The van der Waals surface area contributed by atoms with Crippen molar-refractivity contribution in [2.75, 3.05) is 7.11 Å². The molecule has 0 rings (SSSR count). The van der Waals surface area contributed by atoms with Crippen LogP contribution in [-0.2, 0) is 4.74 Å². The summed E-state index contributed by atoms with van der Waals surface area (Å²) >= 11 is 0. The fraction of sp³-hybridized carbons (Fsp3) is 0.714. The topological polar surface area (TPSA) is 9.23 Å². The van der Waals surface area contributed by atoms with E-state index in [0.29, 0.717) is 6.10 Å². The zero-order valence-electron chi connectivity index (χ0n) is 5.85. The smallest absolute Gasteiger partial charge is 0.0577 e. The van der Waals surface area contributed by atoms with Gasteiger partial charge in [-0.25, -0.2) is 0 Å². The summed E-state index contributed by atoms with van der Waals surface area (Å²) in [4.78, 5) is 0. The van der Waals surface area contributed by atoms with Gasteiger partial charge in [0.05, 0.1) is 6.10 Å². The van der Waals surface area contributed by atoms with Gasteiger partial charge in [0.15, 0.2) is 0 Å². The van der Waals surface area contributed by atoms with Gasteiger partial charge >= 0.3 is 0 Å².